The second kappa shape index (κ2) is 18.3. The summed E-state index contributed by atoms with van der Waals surface area (Å²) in [6, 6.07) is 34.8. The first-order chi connectivity index (χ1) is 26.9. The van der Waals surface area contributed by atoms with Crippen LogP contribution in [0.2, 0.25) is 0 Å². The standard InChI is InChI=1S/C45H51N5O5/c1-31(35-22-14-20-34-19-8-9-21-36(34)35)46-44(52)39-27-40(45(53)48-38-24-11-13-26-42(38)55-30-33-17-6-3-7-18-33)50(49-39)28-43(51)47-37-23-10-12-25-41(37)54-29-32-15-4-2-5-16-32/h2-9,14-22,27,31,37-38,41-42H,10-13,23-26,28-30H2,1H3,(H,46,52)(H,47,51)(H,48,53)/t31-,37?,38-,41-,42-/m0/s1. The van der Waals surface area contributed by atoms with Crippen LogP contribution in [0, 0.1) is 0 Å². The van der Waals surface area contributed by atoms with Gasteiger partial charge in [0.1, 0.15) is 12.2 Å². The molecule has 0 radical (unpaired) electrons. The molecule has 286 valence electrons. The second-order valence-corrected chi connectivity index (χ2v) is 14.8. The molecule has 7 rings (SSSR count). The number of fused-ring (bicyclic) bond motifs is 1. The van der Waals surface area contributed by atoms with Gasteiger partial charge in [-0.25, -0.2) is 4.68 Å². The minimum Gasteiger partial charge on any atom is -0.371 e. The highest BCUT2D eigenvalue weighted by Crippen LogP contribution is 2.26. The highest BCUT2D eigenvalue weighted by molar-refractivity contribution is 5.99. The second-order valence-electron chi connectivity index (χ2n) is 14.8. The van der Waals surface area contributed by atoms with Crippen molar-refractivity contribution in [3.63, 3.8) is 0 Å². The van der Waals surface area contributed by atoms with Gasteiger partial charge in [0.15, 0.2) is 5.69 Å². The van der Waals surface area contributed by atoms with Crippen LogP contribution in [0.3, 0.4) is 0 Å². The number of ether oxygens (including phenoxy) is 2. The Labute approximate surface area is 323 Å². The molecule has 0 spiro atoms. The molecule has 3 N–H and O–H groups in total. The van der Waals surface area contributed by atoms with Gasteiger partial charge in [0.05, 0.1) is 43.5 Å². The number of hydrogen-bond acceptors (Lipinski definition) is 6. The van der Waals surface area contributed by atoms with Gasteiger partial charge in [-0.05, 0) is 60.1 Å². The van der Waals surface area contributed by atoms with E-state index in [4.69, 9.17) is 9.47 Å². The summed E-state index contributed by atoms with van der Waals surface area (Å²) in [6.45, 7) is 2.62. The lowest BCUT2D eigenvalue weighted by Crippen LogP contribution is -2.48. The van der Waals surface area contributed by atoms with Crippen LogP contribution in [0.5, 0.6) is 0 Å². The summed E-state index contributed by atoms with van der Waals surface area (Å²) in [5, 5.41) is 16.1. The summed E-state index contributed by atoms with van der Waals surface area (Å²) in [4.78, 5) is 41.6. The molecule has 2 saturated carbocycles. The topological polar surface area (TPSA) is 124 Å². The van der Waals surface area contributed by atoms with E-state index in [2.05, 4.69) is 21.0 Å². The number of hydrogen-bond donors (Lipinski definition) is 3. The first-order valence-electron chi connectivity index (χ1n) is 19.7. The van der Waals surface area contributed by atoms with Gasteiger partial charge in [0.25, 0.3) is 11.8 Å². The molecular formula is C45H51N5O5. The van der Waals surface area contributed by atoms with E-state index in [1.807, 2.05) is 110 Å². The SMILES string of the molecule is C[C@H](NC(=O)c1cc(C(=O)N[C@H]2CCCC[C@@H]2OCc2ccccc2)n(CC(=O)NC2CCCC[C@@H]2OCc2ccccc2)n1)c1cccc2ccccc12. The molecule has 0 saturated heterocycles. The molecule has 10 heteroatoms. The number of benzene rings is 4. The van der Waals surface area contributed by atoms with Gasteiger partial charge < -0.3 is 25.4 Å². The summed E-state index contributed by atoms with van der Waals surface area (Å²) < 4.78 is 14.0. The van der Waals surface area contributed by atoms with Gasteiger partial charge in [-0.2, -0.15) is 5.10 Å². The van der Waals surface area contributed by atoms with Crippen molar-refractivity contribution in [2.45, 2.75) is 108 Å². The van der Waals surface area contributed by atoms with Crippen molar-refractivity contribution < 1.29 is 23.9 Å². The van der Waals surface area contributed by atoms with Gasteiger partial charge in [-0.3, -0.25) is 14.4 Å². The number of nitrogens with zero attached hydrogens (tertiary/aromatic N) is 2. The van der Waals surface area contributed by atoms with Crippen molar-refractivity contribution in [3.8, 4) is 0 Å². The Morgan fingerprint density at radius 3 is 1.91 bits per heavy atom. The fourth-order valence-electron chi connectivity index (χ4n) is 7.92. The summed E-state index contributed by atoms with van der Waals surface area (Å²) in [5.41, 5.74) is 3.33. The number of nitrogens with one attached hydrogen (secondary N) is 3. The lowest BCUT2D eigenvalue weighted by Gasteiger charge is -2.32. The largest absolute Gasteiger partial charge is 0.371 e. The van der Waals surface area contributed by atoms with E-state index < -0.39 is 11.8 Å². The van der Waals surface area contributed by atoms with Crippen molar-refractivity contribution in [2.75, 3.05) is 0 Å². The molecule has 5 aromatic rings. The first-order valence-corrected chi connectivity index (χ1v) is 19.7. The summed E-state index contributed by atoms with van der Waals surface area (Å²) in [6.07, 6.45) is 6.94. The Bertz CT molecular complexity index is 2050. The molecule has 5 atom stereocenters. The van der Waals surface area contributed by atoms with Gasteiger partial charge in [-0.1, -0.05) is 129 Å². The Morgan fingerprint density at radius 1 is 0.691 bits per heavy atom. The molecule has 2 aliphatic carbocycles. The van der Waals surface area contributed by atoms with Crippen LogP contribution >= 0.6 is 0 Å². The number of aromatic nitrogens is 2. The van der Waals surface area contributed by atoms with Gasteiger partial charge in [-0.15, -0.1) is 0 Å². The normalized spacial score (nSPS) is 20.4. The number of carbonyl (C=O) groups excluding carboxylic acids is 3. The van der Waals surface area contributed by atoms with E-state index in [0.29, 0.717) is 13.2 Å². The fraction of sp³-hybridized carbons (Fsp3) is 0.378. The third-order valence-electron chi connectivity index (χ3n) is 10.9. The Balaban J connectivity index is 1.08. The molecule has 2 fully saturated rings. The minimum absolute atomic E-state index is 0.0623. The van der Waals surface area contributed by atoms with Crippen molar-refractivity contribution in [1.29, 1.82) is 0 Å². The molecular weight excluding hydrogens is 691 g/mol. The fourth-order valence-corrected chi connectivity index (χ4v) is 7.92. The van der Waals surface area contributed by atoms with Crippen LogP contribution in [0.15, 0.2) is 109 Å². The summed E-state index contributed by atoms with van der Waals surface area (Å²) >= 11 is 0. The molecule has 1 heterocycles. The molecule has 0 bridgehead atoms. The quantitative estimate of drug-likeness (QED) is 0.109. The van der Waals surface area contributed by atoms with Crippen LogP contribution in [0.4, 0.5) is 0 Å². The molecule has 4 aromatic carbocycles. The van der Waals surface area contributed by atoms with Gasteiger partial charge in [0, 0.05) is 6.07 Å². The smallest absolute Gasteiger partial charge is 0.272 e. The van der Waals surface area contributed by atoms with Crippen LogP contribution in [0.25, 0.3) is 10.8 Å². The minimum atomic E-state index is -0.433. The van der Waals surface area contributed by atoms with E-state index in [-0.39, 0.29) is 54.2 Å². The van der Waals surface area contributed by atoms with Gasteiger partial charge in [0.2, 0.25) is 5.91 Å². The van der Waals surface area contributed by atoms with E-state index in [9.17, 15) is 14.4 Å². The van der Waals surface area contributed by atoms with Crippen LogP contribution < -0.4 is 16.0 Å². The first kappa shape index (κ1) is 38.0. The van der Waals surface area contributed by atoms with Crippen LogP contribution in [0.1, 0.15) is 102 Å². The van der Waals surface area contributed by atoms with Crippen molar-refractivity contribution in [3.05, 3.63) is 137 Å². The maximum absolute atomic E-state index is 14.1. The van der Waals surface area contributed by atoms with Crippen LogP contribution in [-0.4, -0.2) is 51.8 Å². The molecule has 0 aliphatic heterocycles. The number of carbonyl (C=O) groups is 3. The monoisotopic (exact) mass is 741 g/mol. The molecule has 2 aliphatic rings. The Morgan fingerprint density at radius 2 is 1.25 bits per heavy atom. The lowest BCUT2D eigenvalue weighted by molar-refractivity contribution is -0.124. The van der Waals surface area contributed by atoms with E-state index in [1.54, 1.807) is 0 Å². The lowest BCUT2D eigenvalue weighted by atomic mass is 9.92. The van der Waals surface area contributed by atoms with E-state index in [1.165, 1.54) is 10.7 Å². The Kier molecular flexibility index (Phi) is 12.7. The van der Waals surface area contributed by atoms with E-state index >= 15 is 0 Å². The molecule has 3 amide bonds. The predicted molar refractivity (Wildman–Crippen MR) is 212 cm³/mol. The molecule has 1 aromatic heterocycles. The molecule has 1 unspecified atom stereocenters. The third kappa shape index (κ3) is 9.87. The van der Waals surface area contributed by atoms with Crippen molar-refractivity contribution >= 4 is 28.5 Å². The summed E-state index contributed by atoms with van der Waals surface area (Å²) in [5.74, 6) is -1.13. The van der Waals surface area contributed by atoms with Crippen molar-refractivity contribution in [1.82, 2.24) is 25.7 Å². The summed E-state index contributed by atoms with van der Waals surface area (Å²) in [7, 11) is 0. The number of rotatable bonds is 14. The highest BCUT2D eigenvalue weighted by atomic mass is 16.5. The Hall–Kier alpha value is -5.32. The average molecular weight is 742 g/mol. The zero-order valence-electron chi connectivity index (χ0n) is 31.5. The highest BCUT2D eigenvalue weighted by Gasteiger charge is 2.31. The predicted octanol–water partition coefficient (Wildman–Crippen LogP) is 7.43. The molecule has 10 nitrogen and oxygen atoms in total. The average Bonchev–Trinajstić information content (AvgIpc) is 3.64. The maximum atomic E-state index is 14.1. The number of amides is 3. The zero-order chi connectivity index (χ0) is 38.0. The third-order valence-corrected chi connectivity index (χ3v) is 10.9. The van der Waals surface area contributed by atoms with E-state index in [0.717, 1.165) is 78.8 Å². The van der Waals surface area contributed by atoms with Crippen LogP contribution in [-0.2, 0) is 34.0 Å². The zero-order valence-corrected chi connectivity index (χ0v) is 31.5. The van der Waals surface area contributed by atoms with Gasteiger partial charge >= 0.3 is 0 Å². The molecule has 55 heavy (non-hydrogen) atoms. The van der Waals surface area contributed by atoms with Crippen molar-refractivity contribution in [2.24, 2.45) is 0 Å². The maximum Gasteiger partial charge on any atom is 0.272 e.